The molecule has 5 nitrogen and oxygen atoms in total. The zero-order chi connectivity index (χ0) is 14.9. The first-order chi connectivity index (χ1) is 9.38. The van der Waals surface area contributed by atoms with Crippen molar-refractivity contribution in [3.05, 3.63) is 40.1 Å². The van der Waals surface area contributed by atoms with Crippen LogP contribution in [-0.4, -0.2) is 21.0 Å². The summed E-state index contributed by atoms with van der Waals surface area (Å²) in [7, 11) is 0. The Morgan fingerprint density at radius 2 is 1.85 bits per heavy atom. The Hall–Kier alpha value is -1.82. The summed E-state index contributed by atoms with van der Waals surface area (Å²) in [5.41, 5.74) is 3.64. The number of rotatable bonds is 4. The molecule has 0 aliphatic heterocycles. The minimum atomic E-state index is -1.04. The van der Waals surface area contributed by atoms with Crippen molar-refractivity contribution in [2.75, 3.05) is 0 Å². The van der Waals surface area contributed by atoms with E-state index in [2.05, 4.69) is 9.97 Å². The first-order valence-corrected chi connectivity index (χ1v) is 7.14. The largest absolute Gasteiger partial charge is 0.475 e. The highest BCUT2D eigenvalue weighted by Crippen LogP contribution is 2.24. The maximum absolute atomic E-state index is 10.9. The number of aromatic nitrogens is 2. The smallest absolute Gasteiger partial charge is 0.372 e. The van der Waals surface area contributed by atoms with E-state index in [1.807, 2.05) is 20.8 Å². The number of carboxylic acid groups (broad SMARTS) is 1. The van der Waals surface area contributed by atoms with Gasteiger partial charge in [-0.2, -0.15) is 0 Å². The number of hydrogen-bond acceptors (Lipinski definition) is 5. The van der Waals surface area contributed by atoms with E-state index in [1.165, 1.54) is 11.8 Å². The van der Waals surface area contributed by atoms with Crippen molar-refractivity contribution < 1.29 is 14.3 Å². The fourth-order valence-electron chi connectivity index (χ4n) is 1.77. The average molecular weight is 292 g/mol. The topological polar surface area (TPSA) is 76.2 Å². The molecule has 20 heavy (non-hydrogen) atoms. The fourth-order valence-corrected chi connectivity index (χ4v) is 2.59. The second-order valence-corrected chi connectivity index (χ2v) is 5.56. The van der Waals surface area contributed by atoms with Crippen LogP contribution < -0.4 is 0 Å². The van der Waals surface area contributed by atoms with Gasteiger partial charge in [0, 0.05) is 17.0 Å². The lowest BCUT2D eigenvalue weighted by Gasteiger charge is -2.05. The first kappa shape index (κ1) is 14.6. The molecule has 0 aliphatic rings. The van der Waals surface area contributed by atoms with Gasteiger partial charge in [-0.1, -0.05) is 11.8 Å². The molecular weight excluding hydrogens is 276 g/mol. The minimum absolute atomic E-state index is 0.00205. The normalized spacial score (nSPS) is 10.8. The number of nitrogens with zero attached hydrogens (tertiary/aromatic N) is 2. The maximum Gasteiger partial charge on any atom is 0.372 e. The van der Waals surface area contributed by atoms with E-state index in [0.29, 0.717) is 22.2 Å². The Balaban J connectivity index is 2.13. The molecule has 0 radical (unpaired) electrons. The van der Waals surface area contributed by atoms with E-state index in [-0.39, 0.29) is 5.76 Å². The molecule has 2 aromatic heterocycles. The molecule has 0 fully saturated rings. The third-order valence-corrected chi connectivity index (χ3v) is 3.99. The van der Waals surface area contributed by atoms with E-state index >= 15 is 0 Å². The quantitative estimate of drug-likeness (QED) is 0.688. The van der Waals surface area contributed by atoms with Crippen LogP contribution in [0.25, 0.3) is 0 Å². The van der Waals surface area contributed by atoms with Crippen molar-refractivity contribution in [3.8, 4) is 0 Å². The molecule has 0 atom stereocenters. The second-order valence-electron chi connectivity index (χ2n) is 4.62. The summed E-state index contributed by atoms with van der Waals surface area (Å²) in [4.78, 5) is 19.7. The Morgan fingerprint density at radius 1 is 1.25 bits per heavy atom. The van der Waals surface area contributed by atoms with Gasteiger partial charge in [0.25, 0.3) is 0 Å². The van der Waals surface area contributed by atoms with Crippen LogP contribution in [0.3, 0.4) is 0 Å². The lowest BCUT2D eigenvalue weighted by Crippen LogP contribution is -1.98. The summed E-state index contributed by atoms with van der Waals surface area (Å²) in [6.45, 7) is 7.62. The summed E-state index contributed by atoms with van der Waals surface area (Å²) in [5, 5.41) is 9.62. The van der Waals surface area contributed by atoms with Gasteiger partial charge in [0.15, 0.2) is 5.16 Å². The van der Waals surface area contributed by atoms with Crippen LogP contribution >= 0.6 is 11.8 Å². The van der Waals surface area contributed by atoms with Gasteiger partial charge in [-0.15, -0.1) is 0 Å². The zero-order valence-electron chi connectivity index (χ0n) is 11.9. The van der Waals surface area contributed by atoms with Gasteiger partial charge in [-0.3, -0.25) is 0 Å². The molecule has 0 saturated carbocycles. The van der Waals surface area contributed by atoms with Crippen LogP contribution in [0.15, 0.2) is 15.6 Å². The minimum Gasteiger partial charge on any atom is -0.475 e. The zero-order valence-corrected chi connectivity index (χ0v) is 12.7. The molecule has 1 N–H and O–H groups in total. The number of furan rings is 1. The maximum atomic E-state index is 10.9. The molecular formula is C14H16N2O3S. The monoisotopic (exact) mass is 292 g/mol. The highest BCUT2D eigenvalue weighted by Gasteiger charge is 2.15. The molecule has 0 bridgehead atoms. The van der Waals surface area contributed by atoms with E-state index < -0.39 is 5.97 Å². The molecule has 2 heterocycles. The van der Waals surface area contributed by atoms with Crippen LogP contribution in [0.5, 0.6) is 0 Å². The lowest BCUT2D eigenvalue weighted by atomic mass is 10.2. The Kier molecular flexibility index (Phi) is 4.13. The van der Waals surface area contributed by atoms with Crippen molar-refractivity contribution in [3.63, 3.8) is 0 Å². The van der Waals surface area contributed by atoms with Gasteiger partial charge in [-0.05, 0) is 39.3 Å². The van der Waals surface area contributed by atoms with E-state index in [9.17, 15) is 4.79 Å². The molecule has 0 amide bonds. The second kappa shape index (κ2) is 5.66. The van der Waals surface area contributed by atoms with E-state index in [4.69, 9.17) is 9.52 Å². The summed E-state index contributed by atoms with van der Waals surface area (Å²) < 4.78 is 5.31. The number of thioether (sulfide) groups is 1. The lowest BCUT2D eigenvalue weighted by molar-refractivity contribution is 0.0659. The first-order valence-electron chi connectivity index (χ1n) is 6.15. The summed E-state index contributed by atoms with van der Waals surface area (Å²) >= 11 is 1.44. The van der Waals surface area contributed by atoms with Crippen LogP contribution in [-0.2, 0) is 5.75 Å². The van der Waals surface area contributed by atoms with Crippen molar-refractivity contribution in [2.24, 2.45) is 0 Å². The fraction of sp³-hybridized carbons (Fsp3) is 0.357. The van der Waals surface area contributed by atoms with E-state index in [0.717, 1.165) is 17.0 Å². The van der Waals surface area contributed by atoms with Gasteiger partial charge >= 0.3 is 5.97 Å². The number of aryl methyl sites for hydroxylation is 3. The third kappa shape index (κ3) is 3.01. The molecule has 0 aliphatic carbocycles. The number of aromatic carboxylic acids is 1. The summed E-state index contributed by atoms with van der Waals surface area (Å²) in [6.07, 6.45) is 0. The Bertz CT molecular complexity index is 641. The average Bonchev–Trinajstić information content (AvgIpc) is 2.75. The molecule has 0 aromatic carbocycles. The van der Waals surface area contributed by atoms with Gasteiger partial charge < -0.3 is 9.52 Å². The predicted molar refractivity (Wildman–Crippen MR) is 76.2 cm³/mol. The molecule has 106 valence electrons. The standard InChI is InChI=1S/C14H16N2O3S/c1-7-5-11(19-12(7)13(17)18)6-20-14-15-9(3)8(2)10(4)16-14/h5H,6H2,1-4H3,(H,17,18). The van der Waals surface area contributed by atoms with Crippen LogP contribution in [0, 0.1) is 27.7 Å². The Morgan fingerprint density at radius 3 is 2.35 bits per heavy atom. The third-order valence-electron chi connectivity index (χ3n) is 3.12. The van der Waals surface area contributed by atoms with Crippen molar-refractivity contribution in [1.29, 1.82) is 0 Å². The molecule has 2 rings (SSSR count). The van der Waals surface area contributed by atoms with Crippen molar-refractivity contribution in [1.82, 2.24) is 9.97 Å². The highest BCUT2D eigenvalue weighted by molar-refractivity contribution is 7.98. The van der Waals surface area contributed by atoms with Crippen molar-refractivity contribution >= 4 is 17.7 Å². The van der Waals surface area contributed by atoms with Crippen LogP contribution in [0.4, 0.5) is 0 Å². The SMILES string of the molecule is Cc1cc(CSc2nc(C)c(C)c(C)n2)oc1C(=O)O. The van der Waals surface area contributed by atoms with Gasteiger partial charge in [0.2, 0.25) is 5.76 Å². The summed E-state index contributed by atoms with van der Waals surface area (Å²) in [5.74, 6) is 0.0787. The van der Waals surface area contributed by atoms with Crippen molar-refractivity contribution in [2.45, 2.75) is 38.6 Å². The number of carbonyl (C=O) groups is 1. The number of carboxylic acids is 1. The Labute approximate surface area is 121 Å². The summed E-state index contributed by atoms with van der Waals surface area (Å²) in [6, 6.07) is 1.74. The van der Waals surface area contributed by atoms with Gasteiger partial charge in [-0.25, -0.2) is 14.8 Å². The predicted octanol–water partition coefficient (Wildman–Crippen LogP) is 3.29. The molecule has 6 heteroatoms. The van der Waals surface area contributed by atoms with E-state index in [1.54, 1.807) is 13.0 Å². The van der Waals surface area contributed by atoms with Crippen LogP contribution in [0.1, 0.15) is 38.8 Å². The molecule has 0 unspecified atom stereocenters. The van der Waals surface area contributed by atoms with Gasteiger partial charge in [0.1, 0.15) is 5.76 Å². The molecule has 2 aromatic rings. The van der Waals surface area contributed by atoms with Gasteiger partial charge in [0.05, 0.1) is 5.75 Å². The highest BCUT2D eigenvalue weighted by atomic mass is 32.2. The molecule has 0 spiro atoms. The van der Waals surface area contributed by atoms with Crippen LogP contribution in [0.2, 0.25) is 0 Å². The molecule has 0 saturated heterocycles. The number of hydrogen-bond donors (Lipinski definition) is 1.